The Hall–Kier alpha value is -2.10. The number of allylic oxidation sites excluding steroid dienone is 1. The lowest BCUT2D eigenvalue weighted by Gasteiger charge is -2.08. The lowest BCUT2D eigenvalue weighted by atomic mass is 10.2. The van der Waals surface area contributed by atoms with Crippen LogP contribution < -0.4 is 0 Å². The van der Waals surface area contributed by atoms with Crippen LogP contribution in [0.25, 0.3) is 0 Å². The molecule has 1 rings (SSSR count). The van der Waals surface area contributed by atoms with E-state index in [-0.39, 0.29) is 5.91 Å². The number of carbonyl (C=O) groups is 2. The van der Waals surface area contributed by atoms with Crippen LogP contribution in [0, 0.1) is 0 Å². The Balaban J connectivity index is 0. The molecule has 0 spiro atoms. The van der Waals surface area contributed by atoms with E-state index < -0.39 is 5.97 Å². The number of carboxylic acid groups (broad SMARTS) is 1. The predicted octanol–water partition coefficient (Wildman–Crippen LogP) is 3.84. The molecule has 1 aromatic rings. The summed E-state index contributed by atoms with van der Waals surface area (Å²) in [5.41, 5.74) is 0.331. The van der Waals surface area contributed by atoms with Crippen molar-refractivity contribution < 1.29 is 14.7 Å². The van der Waals surface area contributed by atoms with Gasteiger partial charge >= 0.3 is 5.97 Å². The van der Waals surface area contributed by atoms with Gasteiger partial charge in [-0.1, -0.05) is 38.1 Å². The summed E-state index contributed by atoms with van der Waals surface area (Å²) in [5.74, 6) is -0.683. The third-order valence-corrected chi connectivity index (χ3v) is 2.32. The smallest absolute Gasteiger partial charge is 0.335 e. The third kappa shape index (κ3) is 12.7. The fraction of sp³-hybridized carbons (Fsp3) is 0.412. The minimum Gasteiger partial charge on any atom is -0.478 e. The Morgan fingerprint density at radius 2 is 1.71 bits per heavy atom. The van der Waals surface area contributed by atoms with Crippen LogP contribution in [-0.4, -0.2) is 36.0 Å². The van der Waals surface area contributed by atoms with E-state index in [1.54, 1.807) is 49.3 Å². The summed E-state index contributed by atoms with van der Waals surface area (Å²) >= 11 is 0. The number of benzene rings is 1. The largest absolute Gasteiger partial charge is 0.478 e. The molecule has 0 aromatic heterocycles. The molecule has 4 heteroatoms. The van der Waals surface area contributed by atoms with Crippen molar-refractivity contribution in [3.05, 3.63) is 48.6 Å². The number of carbonyl (C=O) groups excluding carboxylic acids is 1. The second-order valence-electron chi connectivity index (χ2n) is 4.14. The monoisotopic (exact) mass is 293 g/mol. The van der Waals surface area contributed by atoms with Crippen LogP contribution in [0.1, 0.15) is 43.5 Å². The Morgan fingerprint density at radius 1 is 1.19 bits per heavy atom. The van der Waals surface area contributed by atoms with Gasteiger partial charge in [-0.15, -0.1) is 6.58 Å². The van der Waals surface area contributed by atoms with Crippen LogP contribution in [-0.2, 0) is 4.79 Å². The first-order chi connectivity index (χ1) is 9.99. The average Bonchev–Trinajstić information content (AvgIpc) is 2.51. The van der Waals surface area contributed by atoms with E-state index in [0.29, 0.717) is 12.0 Å². The molecule has 4 nitrogen and oxygen atoms in total. The summed E-state index contributed by atoms with van der Waals surface area (Å²) in [6.07, 6.45) is 4.32. The molecule has 0 aliphatic carbocycles. The van der Waals surface area contributed by atoms with Crippen LogP contribution in [0.4, 0.5) is 0 Å². The van der Waals surface area contributed by atoms with Gasteiger partial charge in [-0.25, -0.2) is 4.79 Å². The quantitative estimate of drug-likeness (QED) is 0.663. The van der Waals surface area contributed by atoms with Crippen molar-refractivity contribution in [1.82, 2.24) is 4.90 Å². The molecule has 1 N–H and O–H groups in total. The van der Waals surface area contributed by atoms with Gasteiger partial charge in [-0.05, 0) is 25.0 Å². The number of rotatable bonds is 5. The summed E-state index contributed by atoms with van der Waals surface area (Å²) in [6.45, 7) is 7.58. The summed E-state index contributed by atoms with van der Waals surface area (Å²) in [4.78, 5) is 22.7. The molecule has 0 aliphatic rings. The second-order valence-corrected chi connectivity index (χ2v) is 4.14. The number of unbranched alkanes of at least 4 members (excludes halogenated alkanes) is 1. The zero-order valence-electron chi connectivity index (χ0n) is 13.5. The normalized spacial score (nSPS) is 8.38. The van der Waals surface area contributed by atoms with Crippen molar-refractivity contribution in [2.24, 2.45) is 0 Å². The first-order valence-electron chi connectivity index (χ1n) is 7.08. The number of hydrogen-bond acceptors (Lipinski definition) is 2. The number of aromatic carboxylic acids is 1. The van der Waals surface area contributed by atoms with E-state index >= 15 is 0 Å². The fourth-order valence-electron chi connectivity index (χ4n) is 1.20. The van der Waals surface area contributed by atoms with Crippen LogP contribution in [0.5, 0.6) is 0 Å². The van der Waals surface area contributed by atoms with Gasteiger partial charge in [-0.2, -0.15) is 0 Å². The molecule has 21 heavy (non-hydrogen) atoms. The highest BCUT2D eigenvalue weighted by atomic mass is 16.4. The molecule has 0 saturated heterocycles. The molecule has 0 saturated carbocycles. The highest BCUT2D eigenvalue weighted by Crippen LogP contribution is 1.97. The molecule has 1 aromatic carbocycles. The molecular weight excluding hydrogens is 266 g/mol. The van der Waals surface area contributed by atoms with Crippen molar-refractivity contribution >= 4 is 11.9 Å². The minimum atomic E-state index is -0.879. The number of nitrogens with zero attached hydrogens (tertiary/aromatic N) is 1. The van der Waals surface area contributed by atoms with Crippen LogP contribution >= 0.6 is 0 Å². The van der Waals surface area contributed by atoms with Gasteiger partial charge in [0.05, 0.1) is 5.56 Å². The van der Waals surface area contributed by atoms with Crippen molar-refractivity contribution in [3.63, 3.8) is 0 Å². The van der Waals surface area contributed by atoms with E-state index in [4.69, 9.17) is 5.11 Å². The van der Waals surface area contributed by atoms with E-state index in [2.05, 4.69) is 6.58 Å². The Morgan fingerprint density at radius 3 is 2.05 bits per heavy atom. The third-order valence-electron chi connectivity index (χ3n) is 2.32. The fourth-order valence-corrected chi connectivity index (χ4v) is 1.20. The maximum Gasteiger partial charge on any atom is 0.335 e. The maximum atomic E-state index is 10.9. The summed E-state index contributed by atoms with van der Waals surface area (Å²) < 4.78 is 0. The van der Waals surface area contributed by atoms with E-state index in [1.165, 1.54) is 0 Å². The van der Waals surface area contributed by atoms with E-state index in [1.807, 2.05) is 19.9 Å². The molecular formula is C17H27NO3. The Bertz CT molecular complexity index is 400. The highest BCUT2D eigenvalue weighted by molar-refractivity contribution is 5.87. The topological polar surface area (TPSA) is 57.6 Å². The van der Waals surface area contributed by atoms with Crippen molar-refractivity contribution in [1.29, 1.82) is 0 Å². The van der Waals surface area contributed by atoms with Gasteiger partial charge in [0.2, 0.25) is 5.91 Å². The zero-order chi connectivity index (χ0) is 16.7. The first kappa shape index (κ1) is 21.2. The Labute approximate surface area is 128 Å². The second kappa shape index (κ2) is 14.3. The summed E-state index contributed by atoms with van der Waals surface area (Å²) in [7, 11) is 3.55. The van der Waals surface area contributed by atoms with Crippen LogP contribution in [0.2, 0.25) is 0 Å². The number of amides is 1. The van der Waals surface area contributed by atoms with Crippen LogP contribution in [0.3, 0.4) is 0 Å². The zero-order valence-corrected chi connectivity index (χ0v) is 13.5. The van der Waals surface area contributed by atoms with Gasteiger partial charge in [0.15, 0.2) is 0 Å². The van der Waals surface area contributed by atoms with Crippen molar-refractivity contribution in [2.75, 3.05) is 14.1 Å². The number of carboxylic acids is 1. The average molecular weight is 293 g/mol. The number of hydrogen-bond donors (Lipinski definition) is 1. The molecule has 0 radical (unpaired) electrons. The van der Waals surface area contributed by atoms with Gasteiger partial charge in [0.25, 0.3) is 0 Å². The SMILES string of the molecule is C=CCCCC(=O)N(C)C.CC.O=C(O)c1ccccc1. The lowest BCUT2D eigenvalue weighted by molar-refractivity contribution is -0.128. The van der Waals surface area contributed by atoms with Crippen LogP contribution in [0.15, 0.2) is 43.0 Å². The predicted molar refractivity (Wildman–Crippen MR) is 87.5 cm³/mol. The molecule has 0 heterocycles. The first-order valence-corrected chi connectivity index (χ1v) is 7.08. The molecule has 118 valence electrons. The summed E-state index contributed by atoms with van der Waals surface area (Å²) in [5, 5.41) is 8.38. The van der Waals surface area contributed by atoms with E-state index in [0.717, 1.165) is 12.8 Å². The van der Waals surface area contributed by atoms with Gasteiger partial charge in [0.1, 0.15) is 0 Å². The standard InChI is InChI=1S/C8H15NO.C7H6O2.C2H6/c1-4-5-6-7-8(10)9(2)3;8-7(9)6-4-2-1-3-5-6;1-2/h4H,1,5-7H2,2-3H3;1-5H,(H,8,9);1-2H3. The maximum absolute atomic E-state index is 10.9. The minimum absolute atomic E-state index is 0.196. The Kier molecular flexibility index (Phi) is 14.5. The van der Waals surface area contributed by atoms with Gasteiger partial charge in [0, 0.05) is 20.5 Å². The molecule has 0 fully saturated rings. The molecule has 0 unspecified atom stereocenters. The van der Waals surface area contributed by atoms with Gasteiger partial charge in [-0.3, -0.25) is 4.79 Å². The summed E-state index contributed by atoms with van der Waals surface area (Å²) in [6, 6.07) is 8.30. The lowest BCUT2D eigenvalue weighted by Crippen LogP contribution is -2.20. The molecule has 0 bridgehead atoms. The van der Waals surface area contributed by atoms with Gasteiger partial charge < -0.3 is 10.0 Å². The van der Waals surface area contributed by atoms with Crippen molar-refractivity contribution in [3.8, 4) is 0 Å². The van der Waals surface area contributed by atoms with E-state index in [9.17, 15) is 9.59 Å². The highest BCUT2D eigenvalue weighted by Gasteiger charge is 2.00. The van der Waals surface area contributed by atoms with Crippen molar-refractivity contribution in [2.45, 2.75) is 33.1 Å². The molecule has 1 amide bonds. The molecule has 0 aliphatic heterocycles. The molecule has 0 atom stereocenters.